The Balaban J connectivity index is 1.09. The van der Waals surface area contributed by atoms with Crippen LogP contribution in [0.1, 0.15) is 75.4 Å². The lowest BCUT2D eigenvalue weighted by molar-refractivity contribution is -0.0592. The number of ether oxygens (including phenoxy) is 3. The van der Waals surface area contributed by atoms with E-state index < -0.39 is 11.9 Å². The van der Waals surface area contributed by atoms with Gasteiger partial charge in [0.1, 0.15) is 23.5 Å². The number of rotatable bonds is 7. The predicted octanol–water partition coefficient (Wildman–Crippen LogP) is 6.49. The lowest BCUT2D eigenvalue weighted by Gasteiger charge is -2.35. The molecule has 44 heavy (non-hydrogen) atoms. The Hall–Kier alpha value is -3.79. The molecule has 3 aromatic carbocycles. The number of esters is 1. The molecule has 2 atom stereocenters. The molecule has 8 nitrogen and oxygen atoms in total. The molecular formula is C34H33ClFN3O5. The highest BCUT2D eigenvalue weighted by Gasteiger charge is 2.34. The minimum absolute atomic E-state index is 0.0467. The number of benzene rings is 3. The summed E-state index contributed by atoms with van der Waals surface area (Å²) in [5.41, 5.74) is 4.14. The fourth-order valence-electron chi connectivity index (χ4n) is 6.60. The summed E-state index contributed by atoms with van der Waals surface area (Å²) in [5, 5.41) is 0.305. The van der Waals surface area contributed by atoms with Crippen molar-refractivity contribution < 1.29 is 28.2 Å². The number of fused-ring (bicyclic) bond motifs is 2. The summed E-state index contributed by atoms with van der Waals surface area (Å²) in [4.78, 5) is 32.7. The number of para-hydroxylation sites is 1. The molecule has 1 aromatic heterocycles. The van der Waals surface area contributed by atoms with E-state index >= 15 is 0 Å². The molecule has 4 aromatic rings. The average molecular weight is 618 g/mol. The number of ketones is 1. The van der Waals surface area contributed by atoms with E-state index in [1.54, 1.807) is 24.3 Å². The maximum Gasteiger partial charge on any atom is 0.337 e. The van der Waals surface area contributed by atoms with Crippen molar-refractivity contribution in [3.05, 3.63) is 93.5 Å². The van der Waals surface area contributed by atoms with Crippen LogP contribution in [-0.4, -0.2) is 59.1 Å². The number of hydrogen-bond acceptors (Lipinski definition) is 7. The van der Waals surface area contributed by atoms with E-state index in [0.29, 0.717) is 40.6 Å². The average Bonchev–Trinajstić information content (AvgIpc) is 3.34. The highest BCUT2D eigenvalue weighted by molar-refractivity contribution is 6.30. The lowest BCUT2D eigenvalue weighted by atomic mass is 9.85. The van der Waals surface area contributed by atoms with E-state index in [-0.39, 0.29) is 30.2 Å². The van der Waals surface area contributed by atoms with Gasteiger partial charge in [0.2, 0.25) is 0 Å². The molecule has 0 N–H and O–H groups in total. The largest absolute Gasteiger partial charge is 0.484 e. The van der Waals surface area contributed by atoms with Gasteiger partial charge in [-0.1, -0.05) is 29.8 Å². The Morgan fingerprint density at radius 2 is 1.91 bits per heavy atom. The summed E-state index contributed by atoms with van der Waals surface area (Å²) >= 11 is 5.96. The highest BCUT2D eigenvalue weighted by atomic mass is 35.5. The number of imidazole rings is 1. The molecule has 10 heteroatoms. The minimum Gasteiger partial charge on any atom is -0.484 e. The molecule has 7 rings (SSSR count). The third-order valence-electron chi connectivity index (χ3n) is 9.11. The second kappa shape index (κ2) is 12.0. The van der Waals surface area contributed by atoms with Gasteiger partial charge in [-0.3, -0.25) is 9.69 Å². The maximum atomic E-state index is 14.8. The summed E-state index contributed by atoms with van der Waals surface area (Å²) in [6.45, 7) is 3.80. The quantitative estimate of drug-likeness (QED) is 0.219. The fourth-order valence-corrected chi connectivity index (χ4v) is 6.76. The third kappa shape index (κ3) is 5.49. The van der Waals surface area contributed by atoms with Crippen LogP contribution in [0.4, 0.5) is 4.39 Å². The molecular weight excluding hydrogens is 585 g/mol. The molecule has 0 saturated carbocycles. The van der Waals surface area contributed by atoms with Crippen LogP contribution in [0.25, 0.3) is 11.0 Å². The van der Waals surface area contributed by atoms with Crippen molar-refractivity contribution >= 4 is 34.4 Å². The zero-order valence-electron chi connectivity index (χ0n) is 24.4. The first-order chi connectivity index (χ1) is 21.4. The van der Waals surface area contributed by atoms with E-state index in [1.165, 1.54) is 13.2 Å². The zero-order valence-corrected chi connectivity index (χ0v) is 25.2. The van der Waals surface area contributed by atoms with Crippen LogP contribution in [0.15, 0.2) is 54.6 Å². The highest BCUT2D eigenvalue weighted by Crippen LogP contribution is 2.43. The molecule has 0 bridgehead atoms. The smallest absolute Gasteiger partial charge is 0.337 e. The zero-order chi connectivity index (χ0) is 30.4. The van der Waals surface area contributed by atoms with Crippen LogP contribution >= 0.6 is 11.6 Å². The monoisotopic (exact) mass is 617 g/mol. The van der Waals surface area contributed by atoms with Crippen molar-refractivity contribution in [2.45, 2.75) is 56.9 Å². The van der Waals surface area contributed by atoms with Gasteiger partial charge < -0.3 is 18.8 Å². The summed E-state index contributed by atoms with van der Waals surface area (Å²) in [6.07, 6.45) is 2.29. The minimum atomic E-state index is -0.694. The van der Waals surface area contributed by atoms with Gasteiger partial charge in [-0.2, -0.15) is 0 Å². The number of hydrogen-bond donors (Lipinski definition) is 0. The second-order valence-corrected chi connectivity index (χ2v) is 12.2. The van der Waals surface area contributed by atoms with Gasteiger partial charge in [0.05, 0.1) is 54.9 Å². The first-order valence-electron chi connectivity index (χ1n) is 15.1. The van der Waals surface area contributed by atoms with Gasteiger partial charge in [-0.15, -0.1) is 0 Å². The van der Waals surface area contributed by atoms with Crippen molar-refractivity contribution in [1.29, 1.82) is 0 Å². The molecule has 0 aliphatic carbocycles. The van der Waals surface area contributed by atoms with Gasteiger partial charge in [0, 0.05) is 17.2 Å². The number of piperidine rings is 1. The van der Waals surface area contributed by atoms with Crippen LogP contribution in [0.5, 0.6) is 5.75 Å². The van der Waals surface area contributed by atoms with Gasteiger partial charge in [-0.25, -0.2) is 14.2 Å². The Kier molecular flexibility index (Phi) is 7.86. The fraction of sp³-hybridized carbons (Fsp3) is 0.382. The summed E-state index contributed by atoms with van der Waals surface area (Å²) in [5.74, 6) is 0.824. The van der Waals surface area contributed by atoms with Gasteiger partial charge in [0.25, 0.3) is 0 Å². The third-order valence-corrected chi connectivity index (χ3v) is 9.34. The van der Waals surface area contributed by atoms with Crippen LogP contribution in [0.2, 0.25) is 5.02 Å². The number of likely N-dealkylation sites (tertiary alicyclic amines) is 1. The molecule has 0 spiro atoms. The van der Waals surface area contributed by atoms with E-state index in [2.05, 4.69) is 9.47 Å². The summed E-state index contributed by atoms with van der Waals surface area (Å²) in [6, 6.07) is 15.7. The Bertz CT molecular complexity index is 1740. The standard InChI is InChI=1S/C34H33ClFN3O5/c1-42-34(41)21-5-8-28-29(15-21)39(18-23-11-14-43-23)32(37-28)19-38-12-9-20(10-13-38)24-3-2-4-26-30(40)17-31(44-33(24)26)25-7-6-22(35)16-27(25)36/h2-8,15-16,20,23,31H,9-14,17-19H2,1H3/t23-,31?/m0/s1. The molecule has 3 aliphatic rings. The molecule has 0 amide bonds. The van der Waals surface area contributed by atoms with E-state index in [1.807, 2.05) is 24.3 Å². The van der Waals surface area contributed by atoms with Crippen molar-refractivity contribution in [3.63, 3.8) is 0 Å². The van der Waals surface area contributed by atoms with Crippen LogP contribution < -0.4 is 4.74 Å². The molecule has 2 fully saturated rings. The van der Waals surface area contributed by atoms with Crippen molar-refractivity contribution in [3.8, 4) is 5.75 Å². The van der Waals surface area contributed by atoms with Crippen molar-refractivity contribution in [1.82, 2.24) is 14.5 Å². The number of methoxy groups -OCH3 is 1. The second-order valence-electron chi connectivity index (χ2n) is 11.8. The lowest BCUT2D eigenvalue weighted by Crippen LogP contribution is -2.35. The van der Waals surface area contributed by atoms with Crippen molar-refractivity contribution in [2.75, 3.05) is 26.8 Å². The van der Waals surface area contributed by atoms with E-state index in [0.717, 1.165) is 61.4 Å². The first-order valence-corrected chi connectivity index (χ1v) is 15.4. The number of halogens is 2. The Morgan fingerprint density at radius 1 is 1.09 bits per heavy atom. The first kappa shape index (κ1) is 29.0. The van der Waals surface area contributed by atoms with Crippen LogP contribution in [0, 0.1) is 5.82 Å². The maximum absolute atomic E-state index is 14.8. The number of aromatic nitrogens is 2. The van der Waals surface area contributed by atoms with E-state index in [4.69, 9.17) is 30.8 Å². The topological polar surface area (TPSA) is 82.9 Å². The summed E-state index contributed by atoms with van der Waals surface area (Å²) in [7, 11) is 1.38. The molecule has 1 unspecified atom stereocenters. The molecule has 228 valence electrons. The SMILES string of the molecule is COC(=O)c1ccc2nc(CN3CCC(c4cccc5c4OC(c4ccc(Cl)cc4F)CC5=O)CC3)n(C[C@@H]3CCO3)c2c1. The molecule has 3 aliphatic heterocycles. The van der Waals surface area contributed by atoms with Crippen molar-refractivity contribution in [2.24, 2.45) is 0 Å². The molecule has 4 heterocycles. The molecule has 0 radical (unpaired) electrons. The van der Waals surface area contributed by atoms with E-state index in [9.17, 15) is 14.0 Å². The number of carbonyl (C=O) groups excluding carboxylic acids is 2. The number of carbonyl (C=O) groups is 2. The van der Waals surface area contributed by atoms with Crippen LogP contribution in [-0.2, 0) is 22.6 Å². The Labute approximate surface area is 259 Å². The number of nitrogens with zero attached hydrogens (tertiary/aromatic N) is 3. The van der Waals surface area contributed by atoms with Gasteiger partial charge in [-0.05, 0) is 80.2 Å². The number of Topliss-reactive ketones (excluding diaryl/α,β-unsaturated/α-hetero) is 1. The normalized spacial score (nSPS) is 20.7. The van der Waals surface area contributed by atoms with Crippen LogP contribution in [0.3, 0.4) is 0 Å². The van der Waals surface area contributed by atoms with Gasteiger partial charge in [0.15, 0.2) is 5.78 Å². The Morgan fingerprint density at radius 3 is 2.64 bits per heavy atom. The molecule has 2 saturated heterocycles. The summed E-state index contributed by atoms with van der Waals surface area (Å²) < 4.78 is 34.0. The predicted molar refractivity (Wildman–Crippen MR) is 163 cm³/mol. The van der Waals surface area contributed by atoms with Gasteiger partial charge >= 0.3 is 5.97 Å².